The van der Waals surface area contributed by atoms with Crippen LogP contribution < -0.4 is 5.32 Å². The van der Waals surface area contributed by atoms with E-state index in [0.717, 1.165) is 16.4 Å². The molecular weight excluding hydrogens is 142 g/mol. The Hall–Kier alpha value is -0.0900. The number of carbonyl (C=O) groups is 1. The maximum absolute atomic E-state index is 10.0. The van der Waals surface area contributed by atoms with E-state index in [1.807, 2.05) is 0 Å². The molecule has 0 radical (unpaired) electrons. The number of carbonyl (C=O) groups excluding carboxylic acids is 1. The van der Waals surface area contributed by atoms with E-state index in [2.05, 4.69) is 5.32 Å². The van der Waals surface area contributed by atoms with Gasteiger partial charge >= 0.3 is 0 Å². The Morgan fingerprint density at radius 1 is 2.00 bits per heavy atom. The molecule has 0 aromatic rings. The predicted octanol–water partition coefficient (Wildman–Crippen LogP) is 0.175. The number of rotatable bonds is 1. The van der Waals surface area contributed by atoms with Crippen molar-refractivity contribution >= 4 is 34.6 Å². The van der Waals surface area contributed by atoms with Crippen LogP contribution in [-0.4, -0.2) is 22.4 Å². The van der Waals surface area contributed by atoms with Crippen LogP contribution in [0.15, 0.2) is 0 Å². The third-order valence-electron chi connectivity index (χ3n) is 0.861. The molecule has 1 atom stereocenters. The zero-order chi connectivity index (χ0) is 5.98. The molecule has 0 aromatic heterocycles. The Morgan fingerprint density at radius 3 is 3.00 bits per heavy atom. The smallest absolute Gasteiger partial charge is 0.143 e. The lowest BCUT2D eigenvalue weighted by atomic mass is 10.4. The first-order valence-corrected chi connectivity index (χ1v) is 3.61. The zero-order valence-corrected chi connectivity index (χ0v) is 5.72. The van der Waals surface area contributed by atoms with Gasteiger partial charge in [-0.2, -0.15) is 0 Å². The first kappa shape index (κ1) is 6.04. The fraction of sp³-hybridized carbons (Fsp3) is 0.500. The second-order valence-electron chi connectivity index (χ2n) is 1.49. The van der Waals surface area contributed by atoms with E-state index in [-0.39, 0.29) is 6.04 Å². The van der Waals surface area contributed by atoms with E-state index in [4.69, 9.17) is 12.2 Å². The van der Waals surface area contributed by atoms with E-state index >= 15 is 0 Å². The minimum absolute atomic E-state index is 0.0347. The van der Waals surface area contributed by atoms with Crippen molar-refractivity contribution in [3.63, 3.8) is 0 Å². The van der Waals surface area contributed by atoms with Gasteiger partial charge in [-0.3, -0.25) is 0 Å². The maximum atomic E-state index is 10.0. The van der Waals surface area contributed by atoms with E-state index in [1.54, 1.807) is 0 Å². The molecule has 0 bridgehead atoms. The number of thioether (sulfide) groups is 1. The molecule has 0 saturated carbocycles. The first-order chi connectivity index (χ1) is 3.83. The van der Waals surface area contributed by atoms with Gasteiger partial charge in [-0.05, 0) is 0 Å². The summed E-state index contributed by atoms with van der Waals surface area (Å²) in [7, 11) is 0. The van der Waals surface area contributed by atoms with Crippen molar-refractivity contribution in [2.45, 2.75) is 6.04 Å². The highest BCUT2D eigenvalue weighted by Crippen LogP contribution is 2.11. The van der Waals surface area contributed by atoms with Crippen molar-refractivity contribution in [2.24, 2.45) is 0 Å². The minimum atomic E-state index is -0.0347. The van der Waals surface area contributed by atoms with Gasteiger partial charge in [0.15, 0.2) is 0 Å². The predicted molar refractivity (Wildman–Crippen MR) is 38.0 cm³/mol. The molecule has 8 heavy (non-hydrogen) atoms. The van der Waals surface area contributed by atoms with Gasteiger partial charge in [0.2, 0.25) is 0 Å². The quantitative estimate of drug-likeness (QED) is 0.423. The minimum Gasteiger partial charge on any atom is -0.361 e. The van der Waals surface area contributed by atoms with E-state index in [1.165, 1.54) is 11.8 Å². The lowest BCUT2D eigenvalue weighted by Gasteiger charge is -1.94. The summed E-state index contributed by atoms with van der Waals surface area (Å²) in [6.07, 6.45) is 0.881. The number of hydrogen-bond acceptors (Lipinski definition) is 3. The second-order valence-corrected chi connectivity index (χ2v) is 3.18. The van der Waals surface area contributed by atoms with Gasteiger partial charge in [-0.15, -0.1) is 0 Å². The number of thiocarbonyl (C=S) groups is 1. The van der Waals surface area contributed by atoms with Gasteiger partial charge in [0.1, 0.15) is 10.6 Å². The Kier molecular flexibility index (Phi) is 1.85. The van der Waals surface area contributed by atoms with Crippen molar-refractivity contribution in [2.75, 3.05) is 5.75 Å². The molecule has 0 aromatic carbocycles. The van der Waals surface area contributed by atoms with Gasteiger partial charge in [0, 0.05) is 5.75 Å². The van der Waals surface area contributed by atoms with Gasteiger partial charge in [0.05, 0.1) is 6.04 Å². The molecule has 1 rings (SSSR count). The van der Waals surface area contributed by atoms with Gasteiger partial charge in [0.25, 0.3) is 0 Å². The normalized spacial score (nSPS) is 27.5. The highest BCUT2D eigenvalue weighted by Gasteiger charge is 2.16. The summed E-state index contributed by atoms with van der Waals surface area (Å²) < 4.78 is 0.738. The topological polar surface area (TPSA) is 29.1 Å². The van der Waals surface area contributed by atoms with Crippen LogP contribution in [0.25, 0.3) is 0 Å². The molecule has 1 N–H and O–H groups in total. The molecule has 1 saturated heterocycles. The highest BCUT2D eigenvalue weighted by atomic mass is 32.2. The van der Waals surface area contributed by atoms with E-state index in [0.29, 0.717) is 0 Å². The van der Waals surface area contributed by atoms with Crippen LogP contribution in [0.2, 0.25) is 0 Å². The fourth-order valence-corrected chi connectivity index (χ4v) is 1.56. The summed E-state index contributed by atoms with van der Waals surface area (Å²) in [6, 6.07) is -0.0347. The SMILES string of the molecule is O=C[C@H]1CSC(=S)N1. The maximum Gasteiger partial charge on any atom is 0.143 e. The van der Waals surface area contributed by atoms with Gasteiger partial charge in [-0.1, -0.05) is 24.0 Å². The third kappa shape index (κ3) is 1.20. The molecule has 2 nitrogen and oxygen atoms in total. The van der Waals surface area contributed by atoms with Crippen molar-refractivity contribution < 1.29 is 4.79 Å². The second kappa shape index (κ2) is 2.46. The average molecular weight is 147 g/mol. The molecule has 0 spiro atoms. The largest absolute Gasteiger partial charge is 0.361 e. The summed E-state index contributed by atoms with van der Waals surface area (Å²) in [5, 5.41) is 2.83. The number of aldehydes is 1. The van der Waals surface area contributed by atoms with Crippen molar-refractivity contribution in [3.05, 3.63) is 0 Å². The molecule has 0 aliphatic carbocycles. The van der Waals surface area contributed by atoms with Crippen LogP contribution in [0.4, 0.5) is 0 Å². The van der Waals surface area contributed by atoms with Gasteiger partial charge in [-0.25, -0.2) is 0 Å². The molecule has 1 fully saturated rings. The molecule has 1 heterocycles. The van der Waals surface area contributed by atoms with Crippen molar-refractivity contribution in [1.29, 1.82) is 0 Å². The lowest BCUT2D eigenvalue weighted by molar-refractivity contribution is -0.108. The Labute approximate surface area is 57.0 Å². The Balaban J connectivity index is 2.43. The van der Waals surface area contributed by atoms with Crippen LogP contribution in [0.3, 0.4) is 0 Å². The number of nitrogens with one attached hydrogen (secondary N) is 1. The summed E-state index contributed by atoms with van der Waals surface area (Å²) in [6.45, 7) is 0. The van der Waals surface area contributed by atoms with Crippen molar-refractivity contribution in [1.82, 2.24) is 5.32 Å². The third-order valence-corrected chi connectivity index (χ3v) is 2.24. The number of hydrogen-bond donors (Lipinski definition) is 1. The van der Waals surface area contributed by atoms with Crippen LogP contribution >= 0.6 is 24.0 Å². The standard InChI is InChI=1S/C4H5NOS2/c6-1-3-2-8-4(7)5-3/h1,3H,2H2,(H,5,7)/t3-/m0/s1. The van der Waals surface area contributed by atoms with Crippen LogP contribution in [0, 0.1) is 0 Å². The summed E-state index contributed by atoms with van der Waals surface area (Å²) in [4.78, 5) is 10.0. The zero-order valence-electron chi connectivity index (χ0n) is 4.09. The molecule has 4 heteroatoms. The van der Waals surface area contributed by atoms with E-state index < -0.39 is 0 Å². The lowest BCUT2D eigenvalue weighted by Crippen LogP contribution is -2.26. The van der Waals surface area contributed by atoms with E-state index in [9.17, 15) is 4.79 Å². The molecule has 0 unspecified atom stereocenters. The molecule has 44 valence electrons. The monoisotopic (exact) mass is 147 g/mol. The fourth-order valence-electron chi connectivity index (χ4n) is 0.473. The first-order valence-electron chi connectivity index (χ1n) is 2.21. The van der Waals surface area contributed by atoms with Crippen LogP contribution in [0.1, 0.15) is 0 Å². The molecule has 1 aliphatic heterocycles. The van der Waals surface area contributed by atoms with Crippen LogP contribution in [-0.2, 0) is 4.79 Å². The summed E-state index contributed by atoms with van der Waals surface area (Å²) in [5.74, 6) is 0.794. The van der Waals surface area contributed by atoms with Crippen molar-refractivity contribution in [3.8, 4) is 0 Å². The van der Waals surface area contributed by atoms with Gasteiger partial charge < -0.3 is 10.1 Å². The summed E-state index contributed by atoms with van der Waals surface area (Å²) >= 11 is 6.27. The summed E-state index contributed by atoms with van der Waals surface area (Å²) in [5.41, 5.74) is 0. The molecular formula is C4H5NOS2. The van der Waals surface area contributed by atoms with Crippen LogP contribution in [0.5, 0.6) is 0 Å². The highest BCUT2D eigenvalue weighted by molar-refractivity contribution is 8.23. The Morgan fingerprint density at radius 2 is 2.75 bits per heavy atom. The molecule has 0 amide bonds. The Bertz CT molecular complexity index is 125. The molecule has 1 aliphatic rings. The average Bonchev–Trinajstić information content (AvgIpc) is 2.14.